The van der Waals surface area contributed by atoms with E-state index in [1.54, 1.807) is 17.0 Å². The topological polar surface area (TPSA) is 49.4 Å². The van der Waals surface area contributed by atoms with Gasteiger partial charge in [0.25, 0.3) is 0 Å². The van der Waals surface area contributed by atoms with Crippen molar-refractivity contribution in [1.29, 1.82) is 0 Å². The van der Waals surface area contributed by atoms with Crippen molar-refractivity contribution < 1.29 is 14.0 Å². The van der Waals surface area contributed by atoms with Gasteiger partial charge in [0.05, 0.1) is 0 Å². The fourth-order valence-electron chi connectivity index (χ4n) is 2.39. The molecule has 4 nitrogen and oxygen atoms in total. The van der Waals surface area contributed by atoms with E-state index in [2.05, 4.69) is 5.32 Å². The number of carbonyl (C=O) groups is 2. The summed E-state index contributed by atoms with van der Waals surface area (Å²) in [5, 5.41) is 2.58. The molecule has 0 saturated carbocycles. The van der Waals surface area contributed by atoms with Crippen LogP contribution in [0.2, 0.25) is 0 Å². The Hall–Kier alpha value is -1.91. The molecular weight excluding hydrogens is 259 g/mol. The van der Waals surface area contributed by atoms with E-state index in [1.165, 1.54) is 12.1 Å². The maximum Gasteiger partial charge on any atom is 0.312 e. The third-order valence-corrected chi connectivity index (χ3v) is 3.62. The molecule has 1 aromatic carbocycles. The van der Waals surface area contributed by atoms with E-state index in [-0.39, 0.29) is 18.4 Å². The fourth-order valence-corrected chi connectivity index (χ4v) is 2.39. The van der Waals surface area contributed by atoms with Crippen LogP contribution in [0, 0.1) is 5.82 Å². The van der Waals surface area contributed by atoms with Crippen LogP contribution in [0.25, 0.3) is 0 Å². The first-order valence-electron chi connectivity index (χ1n) is 6.91. The number of amides is 2. The molecule has 108 valence electrons. The minimum absolute atomic E-state index is 0.118. The van der Waals surface area contributed by atoms with Crippen LogP contribution in [0.3, 0.4) is 0 Å². The van der Waals surface area contributed by atoms with Gasteiger partial charge in [0, 0.05) is 19.1 Å². The molecule has 0 aliphatic carbocycles. The van der Waals surface area contributed by atoms with Gasteiger partial charge in [-0.1, -0.05) is 12.1 Å². The van der Waals surface area contributed by atoms with Gasteiger partial charge in [0.15, 0.2) is 0 Å². The molecule has 20 heavy (non-hydrogen) atoms. The number of nitrogens with zero attached hydrogens (tertiary/aromatic N) is 1. The van der Waals surface area contributed by atoms with Gasteiger partial charge in [0.1, 0.15) is 5.82 Å². The van der Waals surface area contributed by atoms with Crippen LogP contribution in [-0.4, -0.2) is 29.3 Å². The van der Waals surface area contributed by atoms with Crippen molar-refractivity contribution in [3.05, 3.63) is 35.6 Å². The summed E-state index contributed by atoms with van der Waals surface area (Å²) in [5.41, 5.74) is 0.763. The highest BCUT2D eigenvalue weighted by Gasteiger charge is 2.27. The van der Waals surface area contributed by atoms with Crippen LogP contribution in [0.1, 0.15) is 31.7 Å². The molecule has 1 aliphatic rings. The van der Waals surface area contributed by atoms with Crippen molar-refractivity contribution in [2.45, 2.75) is 38.8 Å². The smallest absolute Gasteiger partial charge is 0.312 e. The number of benzene rings is 1. The zero-order chi connectivity index (χ0) is 14.5. The summed E-state index contributed by atoms with van der Waals surface area (Å²) in [6, 6.07) is 5.95. The van der Waals surface area contributed by atoms with Crippen molar-refractivity contribution in [3.8, 4) is 0 Å². The molecule has 1 aromatic rings. The zero-order valence-electron chi connectivity index (χ0n) is 11.6. The van der Waals surface area contributed by atoms with Gasteiger partial charge in [0.2, 0.25) is 0 Å². The minimum atomic E-state index is -0.594. The summed E-state index contributed by atoms with van der Waals surface area (Å²) < 4.78 is 12.8. The lowest BCUT2D eigenvalue weighted by molar-refractivity contribution is -0.148. The lowest BCUT2D eigenvalue weighted by Crippen LogP contribution is -2.48. The lowest BCUT2D eigenvalue weighted by atomic mass is 10.0. The minimum Gasteiger partial charge on any atom is -0.344 e. The first kappa shape index (κ1) is 14.5. The van der Waals surface area contributed by atoms with Gasteiger partial charge in [-0.15, -0.1) is 0 Å². The first-order valence-corrected chi connectivity index (χ1v) is 6.91. The number of hydrogen-bond donors (Lipinski definition) is 1. The molecule has 0 radical (unpaired) electrons. The number of halogens is 1. The van der Waals surface area contributed by atoms with Gasteiger partial charge in [-0.25, -0.2) is 4.39 Å². The van der Waals surface area contributed by atoms with Crippen molar-refractivity contribution in [1.82, 2.24) is 10.2 Å². The summed E-state index contributed by atoms with van der Waals surface area (Å²) in [5.74, 6) is -1.39. The molecule has 1 atom stereocenters. The van der Waals surface area contributed by atoms with Crippen molar-refractivity contribution in [2.24, 2.45) is 0 Å². The Kier molecular flexibility index (Phi) is 4.71. The van der Waals surface area contributed by atoms with Crippen LogP contribution in [-0.2, 0) is 16.1 Å². The number of rotatable bonds is 2. The average molecular weight is 278 g/mol. The normalized spacial score (nSPS) is 18.7. The predicted molar refractivity (Wildman–Crippen MR) is 73.3 cm³/mol. The van der Waals surface area contributed by atoms with Crippen LogP contribution in [0.5, 0.6) is 0 Å². The summed E-state index contributed by atoms with van der Waals surface area (Å²) in [7, 11) is 0. The Balaban J connectivity index is 1.87. The largest absolute Gasteiger partial charge is 0.344 e. The fraction of sp³-hybridized carbons (Fsp3) is 0.467. The number of nitrogens with one attached hydrogen (secondary N) is 1. The molecule has 1 saturated heterocycles. The molecule has 1 unspecified atom stereocenters. The number of likely N-dealkylation sites (tertiary alicyclic amines) is 1. The van der Waals surface area contributed by atoms with Gasteiger partial charge >= 0.3 is 11.8 Å². The van der Waals surface area contributed by atoms with E-state index in [0.717, 1.165) is 24.8 Å². The molecule has 1 heterocycles. The highest BCUT2D eigenvalue weighted by Crippen LogP contribution is 2.16. The molecule has 0 aromatic heterocycles. The number of piperidine rings is 1. The van der Waals surface area contributed by atoms with E-state index in [4.69, 9.17) is 0 Å². The highest BCUT2D eigenvalue weighted by atomic mass is 19.1. The molecule has 0 bridgehead atoms. The maximum absolute atomic E-state index is 12.8. The van der Waals surface area contributed by atoms with Crippen LogP contribution < -0.4 is 5.32 Å². The van der Waals surface area contributed by atoms with Gasteiger partial charge < -0.3 is 10.2 Å². The van der Waals surface area contributed by atoms with Crippen molar-refractivity contribution in [2.75, 3.05) is 6.54 Å². The van der Waals surface area contributed by atoms with Crippen LogP contribution >= 0.6 is 0 Å². The van der Waals surface area contributed by atoms with Crippen molar-refractivity contribution in [3.63, 3.8) is 0 Å². The molecule has 1 aliphatic heterocycles. The maximum atomic E-state index is 12.8. The SMILES string of the molecule is CC1CCCCN1C(=O)C(=O)NCc1ccc(F)cc1. The third-order valence-electron chi connectivity index (χ3n) is 3.62. The second kappa shape index (κ2) is 6.50. The Morgan fingerprint density at radius 1 is 1.30 bits per heavy atom. The molecule has 1 fully saturated rings. The summed E-state index contributed by atoms with van der Waals surface area (Å²) in [6.45, 7) is 2.83. The quantitative estimate of drug-likeness (QED) is 0.839. The number of hydrogen-bond acceptors (Lipinski definition) is 2. The molecule has 1 N–H and O–H groups in total. The zero-order valence-corrected chi connectivity index (χ0v) is 11.6. The van der Waals surface area contributed by atoms with E-state index in [0.29, 0.717) is 6.54 Å². The third kappa shape index (κ3) is 3.56. The number of carbonyl (C=O) groups excluding carboxylic acids is 2. The van der Waals surface area contributed by atoms with Crippen molar-refractivity contribution >= 4 is 11.8 Å². The molecule has 2 amide bonds. The Labute approximate surface area is 118 Å². The van der Waals surface area contributed by atoms with Crippen LogP contribution in [0.15, 0.2) is 24.3 Å². The molecular formula is C15H19FN2O2. The monoisotopic (exact) mass is 278 g/mol. The average Bonchev–Trinajstić information content (AvgIpc) is 2.46. The standard InChI is InChI=1S/C15H19FN2O2/c1-11-4-2-3-9-18(11)15(20)14(19)17-10-12-5-7-13(16)8-6-12/h5-8,11H,2-4,9-10H2,1H3,(H,17,19). The van der Waals surface area contributed by atoms with Gasteiger partial charge in [-0.3, -0.25) is 9.59 Å². The van der Waals surface area contributed by atoms with E-state index in [1.807, 2.05) is 6.92 Å². The van der Waals surface area contributed by atoms with Crippen LogP contribution in [0.4, 0.5) is 4.39 Å². The summed E-state index contributed by atoms with van der Waals surface area (Å²) in [4.78, 5) is 25.5. The molecule has 5 heteroatoms. The summed E-state index contributed by atoms with van der Waals surface area (Å²) >= 11 is 0. The predicted octanol–water partition coefficient (Wildman–Crippen LogP) is 1.84. The first-order chi connectivity index (χ1) is 9.58. The second-order valence-electron chi connectivity index (χ2n) is 5.15. The van der Waals surface area contributed by atoms with Gasteiger partial charge in [-0.05, 0) is 43.9 Å². The highest BCUT2D eigenvalue weighted by molar-refractivity contribution is 6.35. The Bertz CT molecular complexity index is 487. The lowest BCUT2D eigenvalue weighted by Gasteiger charge is -2.32. The van der Waals surface area contributed by atoms with Gasteiger partial charge in [-0.2, -0.15) is 0 Å². The second-order valence-corrected chi connectivity index (χ2v) is 5.15. The van der Waals surface area contributed by atoms with E-state index in [9.17, 15) is 14.0 Å². The van der Waals surface area contributed by atoms with E-state index >= 15 is 0 Å². The van der Waals surface area contributed by atoms with E-state index < -0.39 is 11.8 Å². The Morgan fingerprint density at radius 3 is 2.65 bits per heavy atom. The Morgan fingerprint density at radius 2 is 2.00 bits per heavy atom. The summed E-state index contributed by atoms with van der Waals surface area (Å²) in [6.07, 6.45) is 2.99. The molecule has 2 rings (SSSR count). The molecule has 0 spiro atoms.